The predicted octanol–water partition coefficient (Wildman–Crippen LogP) is 3.16. The van der Waals surface area contributed by atoms with Gasteiger partial charge >= 0.3 is 0 Å². The Morgan fingerprint density at radius 2 is 2.18 bits per heavy atom. The topological polar surface area (TPSA) is 69.2 Å². The van der Waals surface area contributed by atoms with E-state index < -0.39 is 4.92 Å². The third-order valence-electron chi connectivity index (χ3n) is 3.02. The molecule has 0 saturated heterocycles. The molecule has 0 amide bonds. The average molecular weight is 257 g/mol. The van der Waals surface area contributed by atoms with Crippen LogP contribution in [-0.2, 0) is 6.42 Å². The first-order valence-electron chi connectivity index (χ1n) is 5.64. The number of benzene rings is 1. The Hall–Kier alpha value is -1.13. The van der Waals surface area contributed by atoms with Crippen molar-refractivity contribution in [3.63, 3.8) is 0 Å². The molecule has 2 atom stereocenters. The molecule has 17 heavy (non-hydrogen) atoms. The summed E-state index contributed by atoms with van der Waals surface area (Å²) in [5, 5.41) is 11.3. The van der Waals surface area contributed by atoms with Gasteiger partial charge < -0.3 is 5.73 Å². The lowest BCUT2D eigenvalue weighted by Crippen LogP contribution is -2.28. The van der Waals surface area contributed by atoms with Crippen LogP contribution >= 0.6 is 11.6 Å². The maximum absolute atomic E-state index is 10.9. The standard InChI is InChI=1S/C12H17ClN2O2/c1-3-11(14)8(2)7-9-10(13)5-4-6-12(9)15(16)17/h4-6,8,11H,3,7,14H2,1-2H3. The van der Waals surface area contributed by atoms with Crippen LogP contribution in [0, 0.1) is 16.0 Å². The molecule has 0 fully saturated rings. The molecule has 0 aromatic heterocycles. The molecule has 0 aliphatic heterocycles. The van der Waals surface area contributed by atoms with E-state index in [-0.39, 0.29) is 17.6 Å². The van der Waals surface area contributed by atoms with Gasteiger partial charge in [0.1, 0.15) is 0 Å². The lowest BCUT2D eigenvalue weighted by atomic mass is 9.92. The zero-order chi connectivity index (χ0) is 13.0. The number of nitro benzene ring substituents is 1. The highest BCUT2D eigenvalue weighted by molar-refractivity contribution is 6.31. The van der Waals surface area contributed by atoms with Gasteiger partial charge in [-0.3, -0.25) is 10.1 Å². The van der Waals surface area contributed by atoms with Crippen molar-refractivity contribution in [3.05, 3.63) is 38.9 Å². The predicted molar refractivity (Wildman–Crippen MR) is 69.2 cm³/mol. The first-order valence-corrected chi connectivity index (χ1v) is 6.02. The zero-order valence-electron chi connectivity index (χ0n) is 10.0. The van der Waals surface area contributed by atoms with E-state index in [1.54, 1.807) is 12.1 Å². The van der Waals surface area contributed by atoms with Crippen LogP contribution in [0.2, 0.25) is 5.02 Å². The quantitative estimate of drug-likeness (QED) is 0.650. The molecule has 2 unspecified atom stereocenters. The van der Waals surface area contributed by atoms with Gasteiger partial charge in [-0.25, -0.2) is 0 Å². The van der Waals surface area contributed by atoms with Gasteiger partial charge in [-0.15, -0.1) is 0 Å². The average Bonchev–Trinajstić information content (AvgIpc) is 2.30. The maximum Gasteiger partial charge on any atom is 0.274 e. The van der Waals surface area contributed by atoms with E-state index >= 15 is 0 Å². The summed E-state index contributed by atoms with van der Waals surface area (Å²) in [5.41, 5.74) is 6.58. The lowest BCUT2D eigenvalue weighted by Gasteiger charge is -2.18. The van der Waals surface area contributed by atoms with Crippen LogP contribution in [0.1, 0.15) is 25.8 Å². The molecule has 2 N–H and O–H groups in total. The summed E-state index contributed by atoms with van der Waals surface area (Å²) in [5.74, 6) is 0.165. The van der Waals surface area contributed by atoms with E-state index in [1.165, 1.54) is 6.07 Å². The minimum Gasteiger partial charge on any atom is -0.327 e. The molecule has 1 aromatic carbocycles. The second-order valence-electron chi connectivity index (χ2n) is 4.25. The number of nitrogens with zero attached hydrogens (tertiary/aromatic N) is 1. The summed E-state index contributed by atoms with van der Waals surface area (Å²) in [6.45, 7) is 3.99. The van der Waals surface area contributed by atoms with Crippen molar-refractivity contribution in [2.24, 2.45) is 11.7 Å². The molecule has 0 bridgehead atoms. The first-order chi connectivity index (χ1) is 7.97. The van der Waals surface area contributed by atoms with E-state index in [0.29, 0.717) is 17.0 Å². The van der Waals surface area contributed by atoms with Crippen LogP contribution in [0.4, 0.5) is 5.69 Å². The van der Waals surface area contributed by atoms with E-state index in [2.05, 4.69) is 0 Å². The normalized spacial score (nSPS) is 14.4. The second-order valence-corrected chi connectivity index (χ2v) is 4.66. The molecule has 5 heteroatoms. The lowest BCUT2D eigenvalue weighted by molar-refractivity contribution is -0.385. The number of hydrogen-bond acceptors (Lipinski definition) is 3. The Morgan fingerprint density at radius 3 is 2.71 bits per heavy atom. The monoisotopic (exact) mass is 256 g/mol. The molecular weight excluding hydrogens is 240 g/mol. The van der Waals surface area contributed by atoms with Crippen molar-refractivity contribution < 1.29 is 4.92 Å². The summed E-state index contributed by atoms with van der Waals surface area (Å²) in [4.78, 5) is 10.5. The highest BCUT2D eigenvalue weighted by atomic mass is 35.5. The second kappa shape index (κ2) is 5.98. The van der Waals surface area contributed by atoms with Crippen LogP contribution in [0.3, 0.4) is 0 Å². The van der Waals surface area contributed by atoms with E-state index in [0.717, 1.165) is 6.42 Å². The summed E-state index contributed by atoms with van der Waals surface area (Å²) in [6, 6.07) is 4.78. The smallest absolute Gasteiger partial charge is 0.274 e. The number of rotatable bonds is 5. The van der Waals surface area contributed by atoms with Crippen molar-refractivity contribution in [3.8, 4) is 0 Å². The van der Waals surface area contributed by atoms with Gasteiger partial charge in [0.15, 0.2) is 0 Å². The Kier molecular flexibility index (Phi) is 4.90. The molecule has 0 saturated carbocycles. The molecule has 1 aromatic rings. The van der Waals surface area contributed by atoms with Gasteiger partial charge in [0.25, 0.3) is 5.69 Å². The number of halogens is 1. The minimum atomic E-state index is -0.397. The highest BCUT2D eigenvalue weighted by Gasteiger charge is 2.21. The number of nitrogens with two attached hydrogens (primary N) is 1. The van der Waals surface area contributed by atoms with Crippen molar-refractivity contribution in [1.29, 1.82) is 0 Å². The van der Waals surface area contributed by atoms with Gasteiger partial charge in [-0.2, -0.15) is 0 Å². The van der Waals surface area contributed by atoms with Gasteiger partial charge in [-0.1, -0.05) is 31.5 Å². The Morgan fingerprint density at radius 1 is 1.53 bits per heavy atom. The summed E-state index contributed by atoms with van der Waals surface area (Å²) < 4.78 is 0. The van der Waals surface area contributed by atoms with Crippen molar-refractivity contribution in [2.75, 3.05) is 0 Å². The van der Waals surface area contributed by atoms with Crippen LogP contribution in [0.25, 0.3) is 0 Å². The molecule has 94 valence electrons. The van der Waals surface area contributed by atoms with Crippen LogP contribution in [0.15, 0.2) is 18.2 Å². The molecule has 1 rings (SSSR count). The van der Waals surface area contributed by atoms with E-state index in [4.69, 9.17) is 17.3 Å². The number of hydrogen-bond donors (Lipinski definition) is 1. The van der Waals surface area contributed by atoms with E-state index in [1.807, 2.05) is 13.8 Å². The minimum absolute atomic E-state index is 0.0332. The molecule has 0 spiro atoms. The van der Waals surface area contributed by atoms with Crippen LogP contribution in [0.5, 0.6) is 0 Å². The third kappa shape index (κ3) is 3.41. The fourth-order valence-electron chi connectivity index (χ4n) is 1.80. The third-order valence-corrected chi connectivity index (χ3v) is 3.37. The highest BCUT2D eigenvalue weighted by Crippen LogP contribution is 2.29. The zero-order valence-corrected chi connectivity index (χ0v) is 10.8. The fourth-order valence-corrected chi connectivity index (χ4v) is 2.04. The molecule has 0 heterocycles. The Bertz CT molecular complexity index is 409. The van der Waals surface area contributed by atoms with Crippen LogP contribution < -0.4 is 5.73 Å². The van der Waals surface area contributed by atoms with Gasteiger partial charge in [0.2, 0.25) is 0 Å². The molecule has 0 radical (unpaired) electrons. The fraction of sp³-hybridized carbons (Fsp3) is 0.500. The van der Waals surface area contributed by atoms with Crippen LogP contribution in [-0.4, -0.2) is 11.0 Å². The first kappa shape index (κ1) is 13.9. The maximum atomic E-state index is 10.9. The molecule has 0 aliphatic rings. The van der Waals surface area contributed by atoms with Crippen molar-refractivity contribution in [2.45, 2.75) is 32.7 Å². The SMILES string of the molecule is CCC(N)C(C)Cc1c(Cl)cccc1[N+](=O)[O-]. The van der Waals surface area contributed by atoms with Gasteiger partial charge in [-0.05, 0) is 24.8 Å². The van der Waals surface area contributed by atoms with Gasteiger partial charge in [0.05, 0.1) is 9.95 Å². The summed E-state index contributed by atoms with van der Waals surface area (Å²) in [7, 11) is 0. The summed E-state index contributed by atoms with van der Waals surface area (Å²) in [6.07, 6.45) is 1.38. The molecule has 0 aliphatic carbocycles. The largest absolute Gasteiger partial charge is 0.327 e. The van der Waals surface area contributed by atoms with Crippen molar-refractivity contribution in [1.82, 2.24) is 0 Å². The number of nitro groups is 1. The van der Waals surface area contributed by atoms with E-state index in [9.17, 15) is 10.1 Å². The van der Waals surface area contributed by atoms with Gasteiger partial charge in [0, 0.05) is 17.7 Å². The Labute approximate surface area is 106 Å². The molecule has 4 nitrogen and oxygen atoms in total. The van der Waals surface area contributed by atoms with Crippen molar-refractivity contribution >= 4 is 17.3 Å². The molecular formula is C12H17ClN2O2. The summed E-state index contributed by atoms with van der Waals surface area (Å²) >= 11 is 6.02. The Balaban J connectivity index is 3.00.